The fourth-order valence-corrected chi connectivity index (χ4v) is 1.22. The number of hydrogen-bond donors (Lipinski definition) is 2. The molecule has 0 aliphatic heterocycles. The Hall–Kier alpha value is -1.49. The van der Waals surface area contributed by atoms with Gasteiger partial charge in [0.15, 0.2) is 0 Å². The van der Waals surface area contributed by atoms with Crippen molar-refractivity contribution in [2.24, 2.45) is 5.73 Å². The van der Waals surface area contributed by atoms with Crippen LogP contribution in [0.5, 0.6) is 0 Å². The molecule has 0 spiro atoms. The van der Waals surface area contributed by atoms with Crippen LogP contribution < -0.4 is 5.73 Å². The van der Waals surface area contributed by atoms with Gasteiger partial charge in [-0.15, -0.1) is 0 Å². The van der Waals surface area contributed by atoms with Crippen molar-refractivity contribution in [1.29, 1.82) is 0 Å². The molecule has 0 bridgehead atoms. The number of carboxylic acid groups (broad SMARTS) is 1. The zero-order chi connectivity index (χ0) is 11.3. The van der Waals surface area contributed by atoms with Gasteiger partial charge in [-0.05, 0) is 17.7 Å². The first kappa shape index (κ1) is 11.6. The molecule has 0 saturated heterocycles. The Morgan fingerprint density at radius 1 is 1.67 bits per heavy atom. The van der Waals surface area contributed by atoms with E-state index in [4.69, 9.17) is 10.8 Å². The van der Waals surface area contributed by atoms with Gasteiger partial charge in [0.25, 0.3) is 0 Å². The van der Waals surface area contributed by atoms with Gasteiger partial charge in [-0.25, -0.2) is 0 Å². The Bertz CT molecular complexity index is 344. The van der Waals surface area contributed by atoms with Gasteiger partial charge in [0.05, 0.1) is 6.67 Å². The predicted octanol–water partition coefficient (Wildman–Crippen LogP) is 0.548. The molecule has 1 atom stereocenters. The second-order valence-corrected chi connectivity index (χ2v) is 3.24. The summed E-state index contributed by atoms with van der Waals surface area (Å²) >= 11 is 0. The summed E-state index contributed by atoms with van der Waals surface area (Å²) in [7, 11) is 0. The summed E-state index contributed by atoms with van der Waals surface area (Å²) < 4.78 is 12.1. The van der Waals surface area contributed by atoms with Gasteiger partial charge in [-0.3, -0.25) is 14.2 Å². The first-order chi connectivity index (χ1) is 7.13. The number of halogens is 1. The van der Waals surface area contributed by atoms with Crippen LogP contribution in [0.15, 0.2) is 18.3 Å². The van der Waals surface area contributed by atoms with E-state index >= 15 is 0 Å². The third-order valence-corrected chi connectivity index (χ3v) is 2.01. The van der Waals surface area contributed by atoms with Crippen LogP contribution >= 0.6 is 0 Å². The molecule has 0 saturated carbocycles. The Labute approximate surface area is 86.9 Å². The monoisotopic (exact) mass is 211 g/mol. The number of rotatable bonds is 5. The number of aryl methyl sites for hydroxylation is 1. The van der Waals surface area contributed by atoms with Gasteiger partial charge < -0.3 is 10.8 Å². The molecule has 5 heteroatoms. The van der Waals surface area contributed by atoms with E-state index in [9.17, 15) is 9.18 Å². The molecule has 1 aromatic heterocycles. The second kappa shape index (κ2) is 5.41. The molecule has 3 N–H and O–H groups in total. The number of carbonyl (C=O) groups is 1. The van der Waals surface area contributed by atoms with Crippen LogP contribution in [0, 0.1) is 0 Å². The third kappa shape index (κ3) is 3.63. The smallest absolute Gasteiger partial charge is 0.320 e. The van der Waals surface area contributed by atoms with Crippen molar-refractivity contribution in [3.8, 4) is 0 Å². The van der Waals surface area contributed by atoms with Crippen molar-refractivity contribution >= 4 is 5.97 Å². The van der Waals surface area contributed by atoms with E-state index in [1.807, 2.05) is 0 Å². The Morgan fingerprint density at radius 2 is 2.40 bits per heavy atom. The number of pyridine rings is 1. The lowest BCUT2D eigenvalue weighted by Gasteiger charge is -2.06. The van der Waals surface area contributed by atoms with E-state index in [1.54, 1.807) is 12.1 Å². The van der Waals surface area contributed by atoms with Crippen molar-refractivity contribution in [2.45, 2.75) is 18.9 Å². The van der Waals surface area contributed by atoms with Crippen LogP contribution in [-0.4, -0.2) is 28.8 Å². The maximum Gasteiger partial charge on any atom is 0.320 e. The number of aliphatic carboxylic acids is 1. The minimum absolute atomic E-state index is 0.162. The van der Waals surface area contributed by atoms with E-state index < -0.39 is 18.7 Å². The Balaban J connectivity index is 2.68. The van der Waals surface area contributed by atoms with Gasteiger partial charge in [0, 0.05) is 24.7 Å². The van der Waals surface area contributed by atoms with Gasteiger partial charge in [-0.1, -0.05) is 0 Å². The minimum atomic E-state index is -1.06. The molecular weight excluding hydrogens is 198 g/mol. The molecule has 0 amide bonds. The summed E-state index contributed by atoms with van der Waals surface area (Å²) in [5, 5.41) is 8.60. The molecule has 1 unspecified atom stereocenters. The van der Waals surface area contributed by atoms with Gasteiger partial charge in [-0.2, -0.15) is 0 Å². The van der Waals surface area contributed by atoms with E-state index in [-0.39, 0.29) is 6.42 Å². The molecule has 0 fully saturated rings. The molecule has 15 heavy (non-hydrogen) atoms. The first-order valence-electron chi connectivity index (χ1n) is 4.61. The number of hydrogen-bond acceptors (Lipinski definition) is 3. The molecule has 1 rings (SSSR count). The standard InChI is InChI=1S/C10H13FN2O2/c11-3-1-7-2-4-13-8(5-7)6-9(12)10(14)15/h2,4-5,9H,1,3,6,12H2,(H,14,15)/i11-1. The SMILES string of the molecule is NC(Cc1cc(CC[18F])ccn1)C(=O)O. The van der Waals surface area contributed by atoms with Crippen LogP contribution in [0.25, 0.3) is 0 Å². The van der Waals surface area contributed by atoms with E-state index in [1.165, 1.54) is 6.20 Å². The molecule has 0 aliphatic rings. The Kier molecular flexibility index (Phi) is 4.17. The van der Waals surface area contributed by atoms with E-state index in [0.29, 0.717) is 12.1 Å². The molecule has 0 radical (unpaired) electrons. The minimum Gasteiger partial charge on any atom is -0.480 e. The topological polar surface area (TPSA) is 76.2 Å². The van der Waals surface area contributed by atoms with Crippen LogP contribution in [0.4, 0.5) is 4.39 Å². The van der Waals surface area contributed by atoms with E-state index in [0.717, 1.165) is 5.56 Å². The lowest BCUT2D eigenvalue weighted by Crippen LogP contribution is -2.32. The lowest BCUT2D eigenvalue weighted by atomic mass is 10.1. The number of alkyl halides is 1. The molecule has 82 valence electrons. The highest BCUT2D eigenvalue weighted by Gasteiger charge is 2.12. The molecular formula is C10H13FN2O2. The largest absolute Gasteiger partial charge is 0.480 e. The van der Waals surface area contributed by atoms with Crippen LogP contribution in [-0.2, 0) is 17.6 Å². The number of nitrogens with two attached hydrogens (primary N) is 1. The second-order valence-electron chi connectivity index (χ2n) is 3.24. The maximum atomic E-state index is 12.1. The molecule has 4 nitrogen and oxygen atoms in total. The lowest BCUT2D eigenvalue weighted by molar-refractivity contribution is -0.138. The zero-order valence-electron chi connectivity index (χ0n) is 8.19. The maximum absolute atomic E-state index is 12.1. The molecule has 0 aromatic carbocycles. The number of nitrogens with zero attached hydrogens (tertiary/aromatic N) is 1. The summed E-state index contributed by atoms with van der Waals surface area (Å²) in [5.41, 5.74) is 6.74. The van der Waals surface area contributed by atoms with Crippen molar-refractivity contribution in [2.75, 3.05) is 6.67 Å². The van der Waals surface area contributed by atoms with Crippen LogP contribution in [0.3, 0.4) is 0 Å². The number of aromatic nitrogens is 1. The van der Waals surface area contributed by atoms with Crippen molar-refractivity contribution in [1.82, 2.24) is 4.98 Å². The highest BCUT2D eigenvalue weighted by atomic mass is 18.2. The normalized spacial score (nSPS) is 12.4. The fourth-order valence-electron chi connectivity index (χ4n) is 1.22. The van der Waals surface area contributed by atoms with Gasteiger partial charge in [0.1, 0.15) is 6.04 Å². The van der Waals surface area contributed by atoms with Crippen LogP contribution in [0.1, 0.15) is 11.3 Å². The summed E-state index contributed by atoms with van der Waals surface area (Å²) in [4.78, 5) is 14.5. The van der Waals surface area contributed by atoms with Crippen molar-refractivity contribution in [3.63, 3.8) is 0 Å². The predicted molar refractivity (Wildman–Crippen MR) is 53.2 cm³/mol. The van der Waals surface area contributed by atoms with Gasteiger partial charge >= 0.3 is 5.97 Å². The van der Waals surface area contributed by atoms with Crippen LogP contribution in [0.2, 0.25) is 0 Å². The summed E-state index contributed by atoms with van der Waals surface area (Å²) in [5.74, 6) is -1.06. The summed E-state index contributed by atoms with van der Waals surface area (Å²) in [6, 6.07) is 2.43. The molecule has 1 heterocycles. The molecule has 0 aliphatic carbocycles. The zero-order valence-corrected chi connectivity index (χ0v) is 8.19. The van der Waals surface area contributed by atoms with Crippen molar-refractivity contribution in [3.05, 3.63) is 29.6 Å². The summed E-state index contributed by atoms with van der Waals surface area (Å²) in [6.07, 6.45) is 2.02. The third-order valence-electron chi connectivity index (χ3n) is 2.01. The molecule has 1 aromatic rings. The average Bonchev–Trinajstić information content (AvgIpc) is 2.18. The average molecular weight is 211 g/mol. The highest BCUT2D eigenvalue weighted by molar-refractivity contribution is 5.73. The summed E-state index contributed by atoms with van der Waals surface area (Å²) in [6.45, 7) is -0.436. The Morgan fingerprint density at radius 3 is 3.00 bits per heavy atom. The number of carboxylic acids is 1. The van der Waals surface area contributed by atoms with Gasteiger partial charge in [0.2, 0.25) is 0 Å². The van der Waals surface area contributed by atoms with E-state index in [2.05, 4.69) is 4.98 Å². The fraction of sp³-hybridized carbons (Fsp3) is 0.400. The highest BCUT2D eigenvalue weighted by Crippen LogP contribution is 2.05. The first-order valence-corrected chi connectivity index (χ1v) is 4.61. The van der Waals surface area contributed by atoms with Crippen molar-refractivity contribution < 1.29 is 14.3 Å². The quantitative estimate of drug-likeness (QED) is 0.745.